The van der Waals surface area contributed by atoms with Crippen LogP contribution in [0, 0.1) is 5.82 Å². The lowest BCUT2D eigenvalue weighted by Crippen LogP contribution is -2.11. The number of amides is 1. The predicted molar refractivity (Wildman–Crippen MR) is 122 cm³/mol. The fourth-order valence-corrected chi connectivity index (χ4v) is 4.23. The molecule has 0 aliphatic heterocycles. The standard InChI is InChI=1S/C22H20FN5O2S2/c1-22(2,3)14-6-4-13(5-7-14)19-26-28-21(30-19)31-12-17-25-27-20(32-17)18(29)24-16-10-8-15(23)9-11-16/h4-11H,12H2,1-3H3,(H,24,29). The minimum Gasteiger partial charge on any atom is -0.411 e. The maximum Gasteiger partial charge on any atom is 0.286 e. The van der Waals surface area contributed by atoms with E-state index >= 15 is 0 Å². The monoisotopic (exact) mass is 469 g/mol. The van der Waals surface area contributed by atoms with Gasteiger partial charge in [-0.15, -0.1) is 20.4 Å². The van der Waals surface area contributed by atoms with Crippen molar-refractivity contribution in [1.29, 1.82) is 0 Å². The number of rotatable bonds is 6. The normalized spacial score (nSPS) is 11.5. The van der Waals surface area contributed by atoms with Crippen molar-refractivity contribution < 1.29 is 13.6 Å². The number of nitrogens with one attached hydrogen (secondary N) is 1. The van der Waals surface area contributed by atoms with E-state index in [4.69, 9.17) is 4.42 Å². The molecule has 4 aromatic rings. The number of thioether (sulfide) groups is 1. The molecule has 4 rings (SSSR count). The Morgan fingerprint density at radius 3 is 2.44 bits per heavy atom. The zero-order chi connectivity index (χ0) is 22.7. The summed E-state index contributed by atoms with van der Waals surface area (Å²) in [6.07, 6.45) is 0. The number of hydrogen-bond donors (Lipinski definition) is 1. The van der Waals surface area contributed by atoms with Gasteiger partial charge in [0.1, 0.15) is 10.8 Å². The van der Waals surface area contributed by atoms with Gasteiger partial charge in [0.05, 0.1) is 5.75 Å². The van der Waals surface area contributed by atoms with Crippen LogP contribution in [0.25, 0.3) is 11.5 Å². The van der Waals surface area contributed by atoms with E-state index in [1.54, 1.807) is 0 Å². The molecule has 0 atom stereocenters. The Bertz CT molecular complexity index is 1210. The summed E-state index contributed by atoms with van der Waals surface area (Å²) in [5, 5.41) is 20.1. The molecule has 0 radical (unpaired) electrons. The number of halogens is 1. The lowest BCUT2D eigenvalue weighted by molar-refractivity contribution is 0.102. The van der Waals surface area contributed by atoms with E-state index < -0.39 is 5.91 Å². The van der Waals surface area contributed by atoms with Gasteiger partial charge in [0, 0.05) is 11.3 Å². The van der Waals surface area contributed by atoms with Gasteiger partial charge in [0.25, 0.3) is 11.1 Å². The molecule has 0 saturated heterocycles. The van der Waals surface area contributed by atoms with Gasteiger partial charge in [-0.2, -0.15) is 0 Å². The Balaban J connectivity index is 1.35. The quantitative estimate of drug-likeness (QED) is 0.369. The maximum atomic E-state index is 13.0. The molecule has 1 N–H and O–H groups in total. The van der Waals surface area contributed by atoms with Crippen LogP contribution in [0.3, 0.4) is 0 Å². The fraction of sp³-hybridized carbons (Fsp3) is 0.227. The van der Waals surface area contributed by atoms with Crippen molar-refractivity contribution in [3.8, 4) is 11.5 Å². The third-order valence-electron chi connectivity index (χ3n) is 4.49. The summed E-state index contributed by atoms with van der Waals surface area (Å²) in [7, 11) is 0. The average Bonchev–Trinajstić information content (AvgIpc) is 3.43. The van der Waals surface area contributed by atoms with Crippen molar-refractivity contribution in [1.82, 2.24) is 20.4 Å². The van der Waals surface area contributed by atoms with Crippen molar-refractivity contribution in [3.63, 3.8) is 0 Å². The molecular weight excluding hydrogens is 449 g/mol. The molecule has 0 unspecified atom stereocenters. The van der Waals surface area contributed by atoms with E-state index in [-0.39, 0.29) is 16.2 Å². The van der Waals surface area contributed by atoms with Crippen molar-refractivity contribution in [3.05, 3.63) is 69.9 Å². The zero-order valence-corrected chi connectivity index (χ0v) is 19.3. The van der Waals surface area contributed by atoms with Gasteiger partial charge in [-0.1, -0.05) is 56.0 Å². The topological polar surface area (TPSA) is 93.8 Å². The first-order valence-corrected chi connectivity index (χ1v) is 11.5. The molecule has 2 aromatic heterocycles. The minimum atomic E-state index is -0.399. The van der Waals surface area contributed by atoms with E-state index in [1.165, 1.54) is 52.9 Å². The number of anilines is 1. The van der Waals surface area contributed by atoms with Crippen LogP contribution in [0.2, 0.25) is 0 Å². The molecule has 7 nitrogen and oxygen atoms in total. The van der Waals surface area contributed by atoms with Crippen molar-refractivity contribution >= 4 is 34.7 Å². The molecular formula is C22H20FN5O2S2. The van der Waals surface area contributed by atoms with Crippen LogP contribution in [0.15, 0.2) is 58.2 Å². The molecule has 2 aromatic carbocycles. The first kappa shape index (κ1) is 22.1. The van der Waals surface area contributed by atoms with Crippen molar-refractivity contribution in [2.45, 2.75) is 37.2 Å². The third kappa shape index (κ3) is 5.38. The number of hydrogen-bond acceptors (Lipinski definition) is 8. The van der Waals surface area contributed by atoms with Gasteiger partial charge < -0.3 is 9.73 Å². The molecule has 32 heavy (non-hydrogen) atoms. The van der Waals surface area contributed by atoms with Crippen molar-refractivity contribution in [2.24, 2.45) is 0 Å². The van der Waals surface area contributed by atoms with Crippen LogP contribution in [0.4, 0.5) is 10.1 Å². The van der Waals surface area contributed by atoms with Crippen LogP contribution < -0.4 is 5.32 Å². The lowest BCUT2D eigenvalue weighted by atomic mass is 9.87. The van der Waals surface area contributed by atoms with Crippen molar-refractivity contribution in [2.75, 3.05) is 5.32 Å². The Morgan fingerprint density at radius 2 is 1.75 bits per heavy atom. The Hall–Kier alpha value is -3.11. The molecule has 0 spiro atoms. The predicted octanol–water partition coefficient (Wildman–Crippen LogP) is 5.57. The lowest BCUT2D eigenvalue weighted by Gasteiger charge is -2.18. The first-order valence-electron chi connectivity index (χ1n) is 9.74. The third-order valence-corrected chi connectivity index (χ3v) is 6.42. The van der Waals surface area contributed by atoms with E-state index in [0.29, 0.717) is 27.6 Å². The van der Waals surface area contributed by atoms with E-state index in [0.717, 1.165) is 5.56 Å². The smallest absolute Gasteiger partial charge is 0.286 e. The molecule has 0 aliphatic rings. The largest absolute Gasteiger partial charge is 0.411 e. The van der Waals surface area contributed by atoms with Gasteiger partial charge in [0.15, 0.2) is 0 Å². The first-order chi connectivity index (χ1) is 15.3. The Kier molecular flexibility index (Phi) is 6.33. The molecule has 10 heteroatoms. The second kappa shape index (κ2) is 9.17. The fourth-order valence-electron chi connectivity index (χ4n) is 2.74. The van der Waals surface area contributed by atoms with E-state index in [2.05, 4.69) is 58.6 Å². The van der Waals surface area contributed by atoms with E-state index in [1.807, 2.05) is 12.1 Å². The second-order valence-corrected chi connectivity index (χ2v) is 9.94. The van der Waals surface area contributed by atoms with Crippen LogP contribution >= 0.6 is 23.1 Å². The number of carbonyl (C=O) groups is 1. The maximum absolute atomic E-state index is 13.0. The highest BCUT2D eigenvalue weighted by Crippen LogP contribution is 2.29. The molecule has 164 valence electrons. The number of nitrogens with zero attached hydrogens (tertiary/aromatic N) is 4. The van der Waals surface area contributed by atoms with Crippen LogP contribution in [0.5, 0.6) is 0 Å². The highest BCUT2D eigenvalue weighted by atomic mass is 32.2. The molecule has 0 bridgehead atoms. The summed E-state index contributed by atoms with van der Waals surface area (Å²) in [5.41, 5.74) is 2.64. The van der Waals surface area contributed by atoms with Crippen LogP contribution in [-0.4, -0.2) is 26.3 Å². The van der Waals surface area contributed by atoms with Gasteiger partial charge in [-0.25, -0.2) is 4.39 Å². The number of carbonyl (C=O) groups excluding carboxylic acids is 1. The molecule has 1 amide bonds. The van der Waals surface area contributed by atoms with Gasteiger partial charge in [0.2, 0.25) is 10.9 Å². The highest BCUT2D eigenvalue weighted by Gasteiger charge is 2.17. The van der Waals surface area contributed by atoms with Crippen LogP contribution in [-0.2, 0) is 11.2 Å². The van der Waals surface area contributed by atoms with E-state index in [9.17, 15) is 9.18 Å². The average molecular weight is 470 g/mol. The SMILES string of the molecule is CC(C)(C)c1ccc(-c2nnc(SCc3nnc(C(=O)Nc4ccc(F)cc4)s3)o2)cc1. The Morgan fingerprint density at radius 1 is 1.03 bits per heavy atom. The molecule has 0 saturated carbocycles. The second-order valence-electron chi connectivity index (χ2n) is 7.95. The highest BCUT2D eigenvalue weighted by molar-refractivity contribution is 7.98. The van der Waals surface area contributed by atoms with Gasteiger partial charge >= 0.3 is 0 Å². The summed E-state index contributed by atoms with van der Waals surface area (Å²) in [6, 6.07) is 13.6. The summed E-state index contributed by atoms with van der Waals surface area (Å²) in [5.74, 6) is 0.115. The zero-order valence-electron chi connectivity index (χ0n) is 17.6. The minimum absolute atomic E-state index is 0.0743. The Labute approximate surface area is 192 Å². The summed E-state index contributed by atoms with van der Waals surface area (Å²) in [4.78, 5) is 12.3. The van der Waals surface area contributed by atoms with Gasteiger partial charge in [-0.05, 0) is 47.4 Å². The molecule has 0 fully saturated rings. The summed E-state index contributed by atoms with van der Waals surface area (Å²) in [6.45, 7) is 6.48. The molecule has 2 heterocycles. The summed E-state index contributed by atoms with van der Waals surface area (Å²) < 4.78 is 18.7. The van der Waals surface area contributed by atoms with Crippen LogP contribution in [0.1, 0.15) is 41.1 Å². The summed E-state index contributed by atoms with van der Waals surface area (Å²) >= 11 is 2.49. The molecule has 0 aliphatic carbocycles. The number of benzene rings is 2. The van der Waals surface area contributed by atoms with Gasteiger partial charge in [-0.3, -0.25) is 4.79 Å². The number of aromatic nitrogens is 4.